The summed E-state index contributed by atoms with van der Waals surface area (Å²) in [5.74, 6) is 2.34. The summed E-state index contributed by atoms with van der Waals surface area (Å²) in [6, 6.07) is 9.41. The monoisotopic (exact) mass is 363 g/mol. The van der Waals surface area contributed by atoms with Crippen molar-refractivity contribution in [2.45, 2.75) is 32.7 Å². The van der Waals surface area contributed by atoms with Crippen LogP contribution in [0, 0.1) is 5.41 Å². The van der Waals surface area contributed by atoms with E-state index in [1.54, 1.807) is 6.20 Å². The maximum atomic E-state index is 13.2. The topological polar surface area (TPSA) is 72.5 Å². The second-order valence-corrected chi connectivity index (χ2v) is 8.05. The quantitative estimate of drug-likeness (QED) is 0.797. The van der Waals surface area contributed by atoms with Crippen molar-refractivity contribution in [1.29, 1.82) is 0 Å². The first kappa shape index (κ1) is 16.2. The van der Waals surface area contributed by atoms with E-state index in [2.05, 4.69) is 29.5 Å². The molecule has 0 bridgehead atoms. The average Bonchev–Trinajstić information content (AvgIpc) is 3.01. The standard InChI is InChI=1S/C21H21N3O3/c1-21(2)9-14-18(15(25)10-21)19(24-20-13(23-14)4-3-7-22-20)12-5-6-16-17(8-12)27-11-26-16/h3-8,19,23H,9-11H2,1-2H3,(H,22,24)/t19-/m0/s1. The van der Waals surface area contributed by atoms with Crippen LogP contribution in [0.4, 0.5) is 11.5 Å². The minimum atomic E-state index is -0.290. The van der Waals surface area contributed by atoms with E-state index in [9.17, 15) is 4.79 Å². The van der Waals surface area contributed by atoms with Gasteiger partial charge in [-0.05, 0) is 41.7 Å². The number of Topliss-reactive ketones (excluding diaryl/α,β-unsaturated/α-hetero) is 1. The molecule has 0 unspecified atom stereocenters. The normalized spacial score (nSPS) is 22.3. The van der Waals surface area contributed by atoms with Gasteiger partial charge in [-0.25, -0.2) is 4.98 Å². The van der Waals surface area contributed by atoms with E-state index in [1.807, 2.05) is 30.3 Å². The molecule has 1 aromatic carbocycles. The number of hydrogen-bond acceptors (Lipinski definition) is 6. The Kier molecular flexibility index (Phi) is 3.44. The number of ether oxygens (including phenoxy) is 2. The van der Waals surface area contributed by atoms with Gasteiger partial charge in [0.2, 0.25) is 6.79 Å². The van der Waals surface area contributed by atoms with E-state index < -0.39 is 0 Å². The minimum Gasteiger partial charge on any atom is -0.454 e. The molecule has 0 radical (unpaired) electrons. The van der Waals surface area contributed by atoms with Crippen molar-refractivity contribution in [3.05, 3.63) is 53.4 Å². The summed E-state index contributed by atoms with van der Waals surface area (Å²) in [5.41, 5.74) is 3.53. The molecule has 0 amide bonds. The van der Waals surface area contributed by atoms with Crippen molar-refractivity contribution in [3.63, 3.8) is 0 Å². The van der Waals surface area contributed by atoms with Gasteiger partial charge >= 0.3 is 0 Å². The average molecular weight is 363 g/mol. The second kappa shape index (κ2) is 5.74. The summed E-state index contributed by atoms with van der Waals surface area (Å²) >= 11 is 0. The zero-order chi connectivity index (χ0) is 18.6. The van der Waals surface area contributed by atoms with Crippen LogP contribution in [0.2, 0.25) is 0 Å². The van der Waals surface area contributed by atoms with Crippen LogP contribution >= 0.6 is 0 Å². The summed E-state index contributed by atoms with van der Waals surface area (Å²) in [4.78, 5) is 17.6. The van der Waals surface area contributed by atoms with E-state index in [0.717, 1.165) is 40.5 Å². The fourth-order valence-electron chi connectivity index (χ4n) is 4.12. The molecule has 0 saturated carbocycles. The number of aromatic nitrogens is 1. The van der Waals surface area contributed by atoms with Gasteiger partial charge in [-0.3, -0.25) is 4.79 Å². The van der Waals surface area contributed by atoms with Gasteiger partial charge in [-0.1, -0.05) is 19.9 Å². The highest BCUT2D eigenvalue weighted by atomic mass is 16.7. The minimum absolute atomic E-state index is 0.0743. The molecule has 3 heterocycles. The Hall–Kier alpha value is -3.02. The van der Waals surface area contributed by atoms with Gasteiger partial charge in [0, 0.05) is 23.9 Å². The molecule has 2 aliphatic heterocycles. The van der Waals surface area contributed by atoms with E-state index >= 15 is 0 Å². The van der Waals surface area contributed by atoms with Gasteiger partial charge in [0.1, 0.15) is 5.82 Å². The van der Waals surface area contributed by atoms with Crippen molar-refractivity contribution in [3.8, 4) is 11.5 Å². The molecular formula is C21H21N3O3. The molecule has 1 aliphatic carbocycles. The van der Waals surface area contributed by atoms with Gasteiger partial charge in [-0.15, -0.1) is 0 Å². The lowest BCUT2D eigenvalue weighted by Gasteiger charge is -2.34. The van der Waals surface area contributed by atoms with Crippen LogP contribution in [-0.2, 0) is 4.79 Å². The van der Waals surface area contributed by atoms with Gasteiger partial charge in [0.25, 0.3) is 0 Å². The number of anilines is 2. The molecule has 6 heteroatoms. The number of pyridine rings is 1. The van der Waals surface area contributed by atoms with Crippen LogP contribution in [0.25, 0.3) is 0 Å². The van der Waals surface area contributed by atoms with Crippen LogP contribution in [0.5, 0.6) is 11.5 Å². The number of nitrogens with zero attached hydrogens (tertiary/aromatic N) is 1. The van der Waals surface area contributed by atoms with E-state index in [1.165, 1.54) is 0 Å². The predicted molar refractivity (Wildman–Crippen MR) is 102 cm³/mol. The van der Waals surface area contributed by atoms with Crippen LogP contribution in [0.1, 0.15) is 38.3 Å². The van der Waals surface area contributed by atoms with Crippen LogP contribution < -0.4 is 20.1 Å². The lowest BCUT2D eigenvalue weighted by molar-refractivity contribution is -0.118. The van der Waals surface area contributed by atoms with Gasteiger partial charge < -0.3 is 20.1 Å². The first-order valence-corrected chi connectivity index (χ1v) is 9.15. The third-order valence-electron chi connectivity index (χ3n) is 5.31. The van der Waals surface area contributed by atoms with Crippen molar-refractivity contribution in [2.24, 2.45) is 5.41 Å². The summed E-state index contributed by atoms with van der Waals surface area (Å²) in [6.45, 7) is 4.49. The van der Waals surface area contributed by atoms with Crippen LogP contribution in [0.15, 0.2) is 47.8 Å². The second-order valence-electron chi connectivity index (χ2n) is 8.05. The lowest BCUT2D eigenvalue weighted by atomic mass is 9.73. The third kappa shape index (κ3) is 2.72. The highest BCUT2D eigenvalue weighted by molar-refractivity contribution is 6.00. The smallest absolute Gasteiger partial charge is 0.231 e. The number of nitrogens with one attached hydrogen (secondary N) is 2. The van der Waals surface area contributed by atoms with Crippen molar-refractivity contribution >= 4 is 17.3 Å². The predicted octanol–water partition coefficient (Wildman–Crippen LogP) is 4.03. The Bertz CT molecular complexity index is 980. The first-order valence-electron chi connectivity index (χ1n) is 9.15. The van der Waals surface area contributed by atoms with Gasteiger partial charge in [0.15, 0.2) is 17.3 Å². The van der Waals surface area contributed by atoms with E-state index in [4.69, 9.17) is 9.47 Å². The fraction of sp³-hybridized carbons (Fsp3) is 0.333. The van der Waals surface area contributed by atoms with Crippen LogP contribution in [0.3, 0.4) is 0 Å². The summed E-state index contributed by atoms with van der Waals surface area (Å²) in [5, 5.41) is 6.95. The number of ketones is 1. The Morgan fingerprint density at radius 1 is 1.15 bits per heavy atom. The molecule has 27 heavy (non-hydrogen) atoms. The zero-order valence-electron chi connectivity index (χ0n) is 15.3. The number of carbonyl (C=O) groups excluding carboxylic acids is 1. The summed E-state index contributed by atoms with van der Waals surface area (Å²) < 4.78 is 11.0. The largest absolute Gasteiger partial charge is 0.454 e. The molecule has 6 nitrogen and oxygen atoms in total. The Morgan fingerprint density at radius 3 is 2.89 bits per heavy atom. The first-order chi connectivity index (χ1) is 13.0. The molecule has 3 aliphatic rings. The summed E-state index contributed by atoms with van der Waals surface area (Å²) in [7, 11) is 0. The number of benzene rings is 1. The van der Waals surface area contributed by atoms with Gasteiger partial charge in [0.05, 0.1) is 11.7 Å². The van der Waals surface area contributed by atoms with Gasteiger partial charge in [-0.2, -0.15) is 0 Å². The number of hydrogen-bond donors (Lipinski definition) is 2. The molecule has 138 valence electrons. The Balaban J connectivity index is 1.67. The van der Waals surface area contributed by atoms with E-state index in [-0.39, 0.29) is 24.0 Å². The molecule has 0 spiro atoms. The molecule has 0 fully saturated rings. The van der Waals surface area contributed by atoms with Crippen molar-refractivity contribution < 1.29 is 14.3 Å². The number of carbonyl (C=O) groups is 1. The third-order valence-corrected chi connectivity index (χ3v) is 5.31. The Labute approximate surface area is 157 Å². The SMILES string of the molecule is CC1(C)CC(=O)C2=C(C1)Nc1cccnc1N[C@H]2c1ccc2c(c1)OCO2. The molecule has 1 atom stereocenters. The highest BCUT2D eigenvalue weighted by Crippen LogP contribution is 2.46. The molecule has 0 saturated heterocycles. The fourth-order valence-corrected chi connectivity index (χ4v) is 4.12. The molecular weight excluding hydrogens is 342 g/mol. The van der Waals surface area contributed by atoms with E-state index in [0.29, 0.717) is 12.2 Å². The molecule has 5 rings (SSSR count). The maximum Gasteiger partial charge on any atom is 0.231 e. The zero-order valence-corrected chi connectivity index (χ0v) is 15.3. The number of rotatable bonds is 1. The van der Waals surface area contributed by atoms with Crippen molar-refractivity contribution in [2.75, 3.05) is 17.4 Å². The molecule has 2 aromatic rings. The Morgan fingerprint density at radius 2 is 2.00 bits per heavy atom. The maximum absolute atomic E-state index is 13.2. The van der Waals surface area contributed by atoms with Crippen LogP contribution in [-0.4, -0.2) is 17.6 Å². The summed E-state index contributed by atoms with van der Waals surface area (Å²) in [6.07, 6.45) is 3.09. The molecule has 2 N–H and O–H groups in total. The number of allylic oxidation sites excluding steroid dienone is 1. The van der Waals surface area contributed by atoms with Crippen molar-refractivity contribution in [1.82, 2.24) is 4.98 Å². The molecule has 1 aromatic heterocycles. The number of fused-ring (bicyclic) bond motifs is 2. The highest BCUT2D eigenvalue weighted by Gasteiger charge is 2.39. The lowest BCUT2D eigenvalue weighted by Crippen LogP contribution is -2.31.